The van der Waals surface area contributed by atoms with Crippen LogP contribution in [0, 0.1) is 5.41 Å². The fraction of sp³-hybridized carbons (Fsp3) is 0.333. The van der Waals surface area contributed by atoms with Crippen molar-refractivity contribution in [3.63, 3.8) is 0 Å². The molecular formula is C21H20F3NO3. The average Bonchev–Trinajstić information content (AvgIpc) is 3.14. The summed E-state index contributed by atoms with van der Waals surface area (Å²) in [5.41, 5.74) is -0.757. The lowest BCUT2D eigenvalue weighted by molar-refractivity contribution is -0.227. The molecule has 148 valence electrons. The molecule has 7 heteroatoms. The first-order valence-electron chi connectivity index (χ1n) is 8.96. The van der Waals surface area contributed by atoms with Crippen molar-refractivity contribution in [3.05, 3.63) is 71.3 Å². The van der Waals surface area contributed by atoms with Crippen LogP contribution in [0.4, 0.5) is 13.2 Å². The zero-order chi connectivity index (χ0) is 20.4. The summed E-state index contributed by atoms with van der Waals surface area (Å²) >= 11 is 0. The largest absolute Gasteiger partial charge is 0.481 e. The molecule has 1 heterocycles. The van der Waals surface area contributed by atoms with E-state index in [0.717, 1.165) is 16.0 Å². The second-order valence-corrected chi connectivity index (χ2v) is 7.00. The molecule has 1 aliphatic heterocycles. The van der Waals surface area contributed by atoms with E-state index in [2.05, 4.69) is 0 Å². The number of carbonyl (C=O) groups is 2. The van der Waals surface area contributed by atoms with Crippen LogP contribution in [-0.4, -0.2) is 41.1 Å². The van der Waals surface area contributed by atoms with Gasteiger partial charge in [0, 0.05) is 18.7 Å². The van der Waals surface area contributed by atoms with Gasteiger partial charge in [0.05, 0.1) is 0 Å². The molecule has 3 rings (SSSR count). The van der Waals surface area contributed by atoms with Gasteiger partial charge in [0.15, 0.2) is 5.41 Å². The second kappa shape index (κ2) is 7.66. The van der Waals surface area contributed by atoms with Crippen LogP contribution in [0.1, 0.15) is 27.9 Å². The highest BCUT2D eigenvalue weighted by atomic mass is 19.4. The Morgan fingerprint density at radius 2 is 1.64 bits per heavy atom. The molecule has 1 unspecified atom stereocenters. The number of carboxylic acid groups (broad SMARTS) is 1. The van der Waals surface area contributed by atoms with E-state index in [1.165, 1.54) is 0 Å². The maximum absolute atomic E-state index is 13.4. The quantitative estimate of drug-likeness (QED) is 0.840. The maximum atomic E-state index is 13.4. The number of benzene rings is 2. The van der Waals surface area contributed by atoms with Gasteiger partial charge in [0.25, 0.3) is 5.91 Å². The molecule has 2 aromatic rings. The summed E-state index contributed by atoms with van der Waals surface area (Å²) in [5.74, 6) is -2.50. The number of aliphatic carboxylic acids is 1. The van der Waals surface area contributed by atoms with Gasteiger partial charge >= 0.3 is 12.1 Å². The summed E-state index contributed by atoms with van der Waals surface area (Å²) in [5, 5.41) is 9.18. The first kappa shape index (κ1) is 19.9. The van der Waals surface area contributed by atoms with Crippen molar-refractivity contribution < 1.29 is 27.9 Å². The van der Waals surface area contributed by atoms with E-state index in [9.17, 15) is 27.9 Å². The Balaban J connectivity index is 1.79. The third-order valence-corrected chi connectivity index (χ3v) is 5.28. The van der Waals surface area contributed by atoms with Gasteiger partial charge < -0.3 is 10.0 Å². The third-order valence-electron chi connectivity index (χ3n) is 5.28. The maximum Gasteiger partial charge on any atom is 0.406 e. The SMILES string of the molecule is O=C(c1ccccc1CCc1ccccc1)N1CCC(C(=O)O)(C(F)(F)F)C1. The number of amides is 1. The van der Waals surface area contributed by atoms with Crippen LogP contribution >= 0.6 is 0 Å². The number of likely N-dealkylation sites (tertiary alicyclic amines) is 1. The Kier molecular flexibility index (Phi) is 5.45. The summed E-state index contributed by atoms with van der Waals surface area (Å²) < 4.78 is 40.1. The monoisotopic (exact) mass is 391 g/mol. The molecule has 1 N–H and O–H groups in total. The molecule has 0 aliphatic carbocycles. The smallest absolute Gasteiger partial charge is 0.406 e. The van der Waals surface area contributed by atoms with Crippen LogP contribution in [0.2, 0.25) is 0 Å². The predicted octanol–water partition coefficient (Wildman–Crippen LogP) is 3.95. The topological polar surface area (TPSA) is 57.6 Å². The molecule has 28 heavy (non-hydrogen) atoms. The van der Waals surface area contributed by atoms with Crippen molar-refractivity contribution in [2.24, 2.45) is 5.41 Å². The van der Waals surface area contributed by atoms with Gasteiger partial charge in [-0.3, -0.25) is 9.59 Å². The second-order valence-electron chi connectivity index (χ2n) is 7.00. The van der Waals surface area contributed by atoms with Crippen molar-refractivity contribution >= 4 is 11.9 Å². The van der Waals surface area contributed by atoms with Crippen LogP contribution in [-0.2, 0) is 17.6 Å². The Labute approximate surface area is 160 Å². The number of aryl methyl sites for hydroxylation is 2. The molecule has 0 bridgehead atoms. The summed E-state index contributed by atoms with van der Waals surface area (Å²) in [6, 6.07) is 16.5. The van der Waals surface area contributed by atoms with Gasteiger partial charge in [-0.25, -0.2) is 0 Å². The number of hydrogen-bond donors (Lipinski definition) is 1. The highest BCUT2D eigenvalue weighted by Crippen LogP contribution is 2.46. The number of alkyl halides is 3. The number of carbonyl (C=O) groups excluding carboxylic acids is 1. The number of halogens is 3. The molecule has 1 saturated heterocycles. The minimum absolute atomic E-state index is 0.238. The van der Waals surface area contributed by atoms with E-state index in [0.29, 0.717) is 18.4 Å². The first-order chi connectivity index (χ1) is 13.2. The molecule has 1 aliphatic rings. The summed E-state index contributed by atoms with van der Waals surface area (Å²) in [6.07, 6.45) is -4.31. The molecule has 2 aromatic carbocycles. The first-order valence-corrected chi connectivity index (χ1v) is 8.96. The zero-order valence-corrected chi connectivity index (χ0v) is 15.1. The third kappa shape index (κ3) is 3.74. The number of hydrogen-bond acceptors (Lipinski definition) is 2. The number of rotatable bonds is 5. The fourth-order valence-electron chi connectivity index (χ4n) is 3.55. The lowest BCUT2D eigenvalue weighted by atomic mass is 9.86. The highest BCUT2D eigenvalue weighted by Gasteiger charge is 2.64. The Bertz CT molecular complexity index is 867. The zero-order valence-electron chi connectivity index (χ0n) is 15.1. The predicted molar refractivity (Wildman–Crippen MR) is 96.9 cm³/mol. The van der Waals surface area contributed by atoms with E-state index in [1.54, 1.807) is 24.3 Å². The Morgan fingerprint density at radius 3 is 2.25 bits per heavy atom. The molecule has 0 radical (unpaired) electrons. The van der Waals surface area contributed by atoms with Crippen molar-refractivity contribution in [2.75, 3.05) is 13.1 Å². The van der Waals surface area contributed by atoms with Crippen LogP contribution in [0.15, 0.2) is 54.6 Å². The molecule has 0 saturated carbocycles. The van der Waals surface area contributed by atoms with Gasteiger partial charge in [-0.2, -0.15) is 13.2 Å². The van der Waals surface area contributed by atoms with E-state index in [1.807, 2.05) is 30.3 Å². The van der Waals surface area contributed by atoms with Gasteiger partial charge in [0.1, 0.15) is 0 Å². The number of nitrogens with zero attached hydrogens (tertiary/aromatic N) is 1. The molecular weight excluding hydrogens is 371 g/mol. The average molecular weight is 391 g/mol. The lowest BCUT2D eigenvalue weighted by Gasteiger charge is -2.27. The molecule has 1 atom stereocenters. The van der Waals surface area contributed by atoms with E-state index < -0.39 is 36.4 Å². The van der Waals surface area contributed by atoms with E-state index in [4.69, 9.17) is 0 Å². The highest BCUT2D eigenvalue weighted by molar-refractivity contribution is 5.96. The molecule has 1 amide bonds. The van der Waals surface area contributed by atoms with Crippen LogP contribution in [0.25, 0.3) is 0 Å². The van der Waals surface area contributed by atoms with Crippen molar-refractivity contribution in [2.45, 2.75) is 25.4 Å². The van der Waals surface area contributed by atoms with E-state index >= 15 is 0 Å². The molecule has 4 nitrogen and oxygen atoms in total. The Hall–Kier alpha value is -2.83. The lowest BCUT2D eigenvalue weighted by Crippen LogP contribution is -2.47. The van der Waals surface area contributed by atoms with Crippen molar-refractivity contribution in [1.82, 2.24) is 4.90 Å². The van der Waals surface area contributed by atoms with Crippen molar-refractivity contribution in [1.29, 1.82) is 0 Å². The number of carboxylic acids is 1. The van der Waals surface area contributed by atoms with E-state index in [-0.39, 0.29) is 6.54 Å². The van der Waals surface area contributed by atoms with Gasteiger partial charge in [0.2, 0.25) is 0 Å². The molecule has 0 aromatic heterocycles. The normalized spacial score (nSPS) is 19.6. The minimum atomic E-state index is -4.92. The van der Waals surface area contributed by atoms with Crippen LogP contribution in [0.5, 0.6) is 0 Å². The summed E-state index contributed by atoms with van der Waals surface area (Å²) in [4.78, 5) is 25.2. The summed E-state index contributed by atoms with van der Waals surface area (Å²) in [6.45, 7) is -1.10. The molecule has 0 spiro atoms. The van der Waals surface area contributed by atoms with Crippen molar-refractivity contribution in [3.8, 4) is 0 Å². The van der Waals surface area contributed by atoms with Gasteiger partial charge in [-0.05, 0) is 36.5 Å². The summed E-state index contributed by atoms with van der Waals surface area (Å²) in [7, 11) is 0. The fourth-order valence-corrected chi connectivity index (χ4v) is 3.55. The van der Waals surface area contributed by atoms with Gasteiger partial charge in [-0.1, -0.05) is 48.5 Å². The standard InChI is InChI=1S/C21H20F3NO3/c22-21(23,24)20(19(27)28)12-13-25(14-20)18(26)17-9-5-4-8-16(17)11-10-15-6-2-1-3-7-15/h1-9H,10-14H2,(H,27,28). The minimum Gasteiger partial charge on any atom is -0.481 e. The van der Waals surface area contributed by atoms with Crippen LogP contribution < -0.4 is 0 Å². The molecule has 1 fully saturated rings. The van der Waals surface area contributed by atoms with Crippen LogP contribution in [0.3, 0.4) is 0 Å². The Morgan fingerprint density at radius 1 is 1.00 bits per heavy atom. The van der Waals surface area contributed by atoms with Gasteiger partial charge in [-0.15, -0.1) is 0 Å².